The Balaban J connectivity index is 1.24. The second kappa shape index (κ2) is 11.3. The highest BCUT2D eigenvalue weighted by Gasteiger charge is 2.32. The van der Waals surface area contributed by atoms with Gasteiger partial charge in [0.25, 0.3) is 0 Å². The fourth-order valence-corrected chi connectivity index (χ4v) is 6.54. The molecule has 2 aromatic carbocycles. The van der Waals surface area contributed by atoms with E-state index in [4.69, 9.17) is 4.74 Å². The van der Waals surface area contributed by atoms with Crippen LogP contribution in [0.4, 0.5) is 13.2 Å². The predicted octanol–water partition coefficient (Wildman–Crippen LogP) is 4.56. The van der Waals surface area contributed by atoms with Gasteiger partial charge < -0.3 is 4.74 Å². The summed E-state index contributed by atoms with van der Waals surface area (Å²) in [5.74, 6) is 0.847. The van der Waals surface area contributed by atoms with Crippen molar-refractivity contribution in [2.24, 2.45) is 0 Å². The van der Waals surface area contributed by atoms with Gasteiger partial charge in [0.1, 0.15) is 5.75 Å². The molecule has 1 saturated heterocycles. The molecule has 1 fully saturated rings. The molecule has 1 N–H and O–H groups in total. The van der Waals surface area contributed by atoms with Crippen LogP contribution in [0.1, 0.15) is 61.0 Å². The molecule has 5 rings (SSSR count). The third-order valence-corrected chi connectivity index (χ3v) is 8.75. The smallest absolute Gasteiger partial charge is 0.416 e. The van der Waals surface area contributed by atoms with Crippen LogP contribution in [0.15, 0.2) is 53.6 Å². The molecular weight excluding hydrogens is 531 g/mol. The highest BCUT2D eigenvalue weighted by Crippen LogP contribution is 2.35. The average Bonchev–Trinajstić information content (AvgIpc) is 3.36. The predicted molar refractivity (Wildman–Crippen MR) is 139 cm³/mol. The SMILES string of the molecule is CC(Cc1cn(C2CCOc3cc(CN4CCCCC4)ccc32)nn1)NS(=O)(=O)c1cccc(C(F)(F)F)c1. The Morgan fingerprint density at radius 3 is 2.69 bits per heavy atom. The molecule has 0 saturated carbocycles. The molecule has 0 bridgehead atoms. The number of piperidine rings is 1. The molecule has 0 aliphatic carbocycles. The number of nitrogens with one attached hydrogen (secondary N) is 1. The zero-order chi connectivity index (χ0) is 27.6. The van der Waals surface area contributed by atoms with Gasteiger partial charge in [0.05, 0.1) is 28.8 Å². The maximum atomic E-state index is 13.0. The second-order valence-corrected chi connectivity index (χ2v) is 12.0. The number of likely N-dealkylation sites (tertiary alicyclic amines) is 1. The van der Waals surface area contributed by atoms with Crippen molar-refractivity contribution in [2.75, 3.05) is 19.7 Å². The fraction of sp³-hybridized carbons (Fsp3) is 0.481. The highest BCUT2D eigenvalue weighted by molar-refractivity contribution is 7.89. The number of hydrogen-bond donors (Lipinski definition) is 1. The molecule has 39 heavy (non-hydrogen) atoms. The minimum Gasteiger partial charge on any atom is -0.493 e. The Bertz CT molecular complexity index is 1400. The van der Waals surface area contributed by atoms with Gasteiger partial charge in [0.2, 0.25) is 10.0 Å². The Kier molecular flexibility index (Phi) is 7.97. The molecule has 2 aliphatic heterocycles. The van der Waals surface area contributed by atoms with Gasteiger partial charge in [-0.15, -0.1) is 5.10 Å². The van der Waals surface area contributed by atoms with Gasteiger partial charge in [-0.1, -0.05) is 29.8 Å². The minimum atomic E-state index is -4.63. The van der Waals surface area contributed by atoms with Gasteiger partial charge in [-0.25, -0.2) is 17.8 Å². The Labute approximate surface area is 226 Å². The van der Waals surface area contributed by atoms with Gasteiger partial charge in [-0.2, -0.15) is 13.2 Å². The first kappa shape index (κ1) is 27.6. The number of ether oxygens (including phenoxy) is 1. The van der Waals surface area contributed by atoms with Crippen molar-refractivity contribution >= 4 is 10.0 Å². The summed E-state index contributed by atoms with van der Waals surface area (Å²) in [6.45, 7) is 5.34. The lowest BCUT2D eigenvalue weighted by molar-refractivity contribution is -0.137. The summed E-state index contributed by atoms with van der Waals surface area (Å²) in [4.78, 5) is 2.03. The maximum absolute atomic E-state index is 13.0. The van der Waals surface area contributed by atoms with E-state index in [0.717, 1.165) is 55.6 Å². The topological polar surface area (TPSA) is 89.3 Å². The van der Waals surface area contributed by atoms with Crippen molar-refractivity contribution in [3.05, 3.63) is 71.0 Å². The molecule has 1 aromatic heterocycles. The van der Waals surface area contributed by atoms with E-state index >= 15 is 0 Å². The number of alkyl halides is 3. The third-order valence-electron chi connectivity index (χ3n) is 7.16. The first-order valence-corrected chi connectivity index (χ1v) is 14.6. The van der Waals surface area contributed by atoms with Gasteiger partial charge in [-0.05, 0) is 62.7 Å². The molecule has 3 heterocycles. The summed E-state index contributed by atoms with van der Waals surface area (Å²) >= 11 is 0. The molecule has 8 nitrogen and oxygen atoms in total. The number of halogens is 3. The first-order chi connectivity index (χ1) is 18.6. The van der Waals surface area contributed by atoms with Crippen LogP contribution in [0.2, 0.25) is 0 Å². The van der Waals surface area contributed by atoms with E-state index in [1.165, 1.54) is 24.8 Å². The van der Waals surface area contributed by atoms with Crippen LogP contribution in [0.5, 0.6) is 5.75 Å². The number of hydrogen-bond acceptors (Lipinski definition) is 6. The van der Waals surface area contributed by atoms with Crippen molar-refractivity contribution in [2.45, 2.75) is 68.7 Å². The van der Waals surface area contributed by atoms with Crippen molar-refractivity contribution < 1.29 is 26.3 Å². The lowest BCUT2D eigenvalue weighted by Gasteiger charge is -2.29. The number of rotatable bonds is 8. The van der Waals surface area contributed by atoms with Gasteiger partial charge in [0.15, 0.2) is 0 Å². The van der Waals surface area contributed by atoms with Crippen LogP contribution >= 0.6 is 0 Å². The molecule has 0 spiro atoms. The van der Waals surface area contributed by atoms with Crippen LogP contribution < -0.4 is 9.46 Å². The fourth-order valence-electron chi connectivity index (χ4n) is 5.25. The molecule has 2 aliphatic rings. The number of sulfonamides is 1. The molecule has 210 valence electrons. The van der Waals surface area contributed by atoms with E-state index in [2.05, 4.69) is 38.1 Å². The van der Waals surface area contributed by atoms with E-state index < -0.39 is 32.7 Å². The summed E-state index contributed by atoms with van der Waals surface area (Å²) < 4.78 is 74.7. The summed E-state index contributed by atoms with van der Waals surface area (Å²) in [7, 11) is -4.16. The first-order valence-electron chi connectivity index (χ1n) is 13.2. The van der Waals surface area contributed by atoms with E-state index in [9.17, 15) is 21.6 Å². The molecule has 2 atom stereocenters. The van der Waals surface area contributed by atoms with Gasteiger partial charge >= 0.3 is 6.18 Å². The summed E-state index contributed by atoms with van der Waals surface area (Å²) in [5, 5.41) is 8.53. The molecule has 2 unspecified atom stereocenters. The van der Waals surface area contributed by atoms with E-state index in [1.54, 1.807) is 17.8 Å². The van der Waals surface area contributed by atoms with Crippen molar-refractivity contribution in [3.8, 4) is 5.75 Å². The Morgan fingerprint density at radius 2 is 1.92 bits per heavy atom. The van der Waals surface area contributed by atoms with E-state index in [0.29, 0.717) is 18.4 Å². The summed E-state index contributed by atoms with van der Waals surface area (Å²) in [6.07, 6.45) is 1.88. The minimum absolute atomic E-state index is 0.0591. The summed E-state index contributed by atoms with van der Waals surface area (Å²) in [5.41, 5.74) is 1.80. The van der Waals surface area contributed by atoms with Gasteiger partial charge in [0, 0.05) is 37.2 Å². The zero-order valence-corrected chi connectivity index (χ0v) is 22.5. The molecule has 0 radical (unpaired) electrons. The van der Waals surface area contributed by atoms with Crippen LogP contribution in [0.3, 0.4) is 0 Å². The van der Waals surface area contributed by atoms with Crippen LogP contribution in [-0.4, -0.2) is 54.0 Å². The number of nitrogens with zero attached hydrogens (tertiary/aromatic N) is 4. The number of aromatic nitrogens is 3. The van der Waals surface area contributed by atoms with Gasteiger partial charge in [-0.3, -0.25) is 4.90 Å². The van der Waals surface area contributed by atoms with E-state index in [-0.39, 0.29) is 12.5 Å². The van der Waals surface area contributed by atoms with Crippen LogP contribution in [0.25, 0.3) is 0 Å². The molecular formula is C27H32F3N5O3S. The number of benzene rings is 2. The zero-order valence-electron chi connectivity index (χ0n) is 21.7. The van der Waals surface area contributed by atoms with Crippen LogP contribution in [-0.2, 0) is 29.2 Å². The molecule has 0 amide bonds. The maximum Gasteiger partial charge on any atom is 0.416 e. The molecule has 12 heteroatoms. The lowest BCUT2D eigenvalue weighted by Crippen LogP contribution is -2.34. The monoisotopic (exact) mass is 563 g/mol. The quantitative estimate of drug-likeness (QED) is 0.432. The highest BCUT2D eigenvalue weighted by atomic mass is 32.2. The van der Waals surface area contributed by atoms with Crippen molar-refractivity contribution in [1.82, 2.24) is 24.6 Å². The molecule has 3 aromatic rings. The standard InChI is InChI=1S/C27H32F3N5O3S/c1-19(32-39(36,37)23-7-5-6-21(16-23)27(28,29)30)14-22-18-35(33-31-22)25-10-13-38-26-15-20(8-9-24(25)26)17-34-11-3-2-4-12-34/h5-9,15-16,18-19,25,32H,2-4,10-14,17H2,1H3. The Hall–Kier alpha value is -2.96. The average molecular weight is 564 g/mol. The van der Waals surface area contributed by atoms with Crippen LogP contribution in [0, 0.1) is 0 Å². The lowest BCUT2D eigenvalue weighted by atomic mass is 9.98. The largest absolute Gasteiger partial charge is 0.493 e. The third kappa shape index (κ3) is 6.62. The van der Waals surface area contributed by atoms with Crippen molar-refractivity contribution in [3.63, 3.8) is 0 Å². The second-order valence-electron chi connectivity index (χ2n) is 10.3. The Morgan fingerprint density at radius 1 is 1.13 bits per heavy atom. The van der Waals surface area contributed by atoms with E-state index in [1.807, 2.05) is 0 Å². The summed E-state index contributed by atoms with van der Waals surface area (Å²) in [6, 6.07) is 9.35. The van der Waals surface area contributed by atoms with Crippen molar-refractivity contribution in [1.29, 1.82) is 0 Å². The number of fused-ring (bicyclic) bond motifs is 1. The normalized spacial score (nSPS) is 19.3.